The quantitative estimate of drug-likeness (QED) is 0.622. The first-order valence-electron chi connectivity index (χ1n) is 5.54. The Kier molecular flexibility index (Phi) is 2.51. The van der Waals surface area contributed by atoms with Crippen molar-refractivity contribution in [3.05, 3.63) is 73.2 Å². The average Bonchev–Trinajstić information content (AvgIpc) is 2.90. The van der Waals surface area contributed by atoms with Gasteiger partial charge in [-0.25, -0.2) is 0 Å². The van der Waals surface area contributed by atoms with Crippen molar-refractivity contribution < 1.29 is 4.42 Å². The monoisotopic (exact) mass is 219 g/mol. The molecule has 1 nitrogen and oxygen atoms in total. The smallest absolute Gasteiger partial charge is 0.0987 e. The lowest BCUT2D eigenvalue weighted by atomic mass is 9.99. The van der Waals surface area contributed by atoms with E-state index in [9.17, 15) is 0 Å². The van der Waals surface area contributed by atoms with Crippen LogP contribution in [-0.2, 0) is 0 Å². The zero-order chi connectivity index (χ0) is 11.5. The fourth-order valence-corrected chi connectivity index (χ4v) is 1.91. The van der Waals surface area contributed by atoms with E-state index in [0.717, 1.165) is 22.3 Å². The molecule has 0 saturated carbocycles. The summed E-state index contributed by atoms with van der Waals surface area (Å²) in [5, 5.41) is 0. The molecule has 0 spiro atoms. The van der Waals surface area contributed by atoms with Gasteiger partial charge in [0, 0.05) is 11.1 Å². The fourth-order valence-electron chi connectivity index (χ4n) is 1.91. The molecule has 3 aromatic rings. The normalized spacial score (nSPS) is 10.4. The highest BCUT2D eigenvalue weighted by Gasteiger charge is 2.09. The van der Waals surface area contributed by atoms with Gasteiger partial charge in [-0.2, -0.15) is 0 Å². The van der Waals surface area contributed by atoms with Crippen molar-refractivity contribution >= 4 is 0 Å². The maximum Gasteiger partial charge on any atom is 0.0987 e. The van der Waals surface area contributed by atoms with Crippen molar-refractivity contribution in [2.75, 3.05) is 0 Å². The summed E-state index contributed by atoms with van der Waals surface area (Å²) in [5.41, 5.74) is 4.40. The third kappa shape index (κ3) is 1.87. The number of benzene rings is 2. The number of hydrogen-bond donors (Lipinski definition) is 0. The second-order valence-electron chi connectivity index (χ2n) is 3.84. The summed E-state index contributed by atoms with van der Waals surface area (Å²) < 4.78 is 5.33. The van der Waals surface area contributed by atoms with Gasteiger partial charge in [0.2, 0.25) is 0 Å². The summed E-state index contributed by atoms with van der Waals surface area (Å²) in [7, 11) is 0. The Morgan fingerprint density at radius 1 is 0.765 bits per heavy atom. The van der Waals surface area contributed by atoms with Gasteiger partial charge in [-0.05, 0) is 17.2 Å². The predicted molar refractivity (Wildman–Crippen MR) is 68.4 cm³/mol. The highest BCUT2D eigenvalue weighted by atomic mass is 16.3. The largest absolute Gasteiger partial charge is 0.471 e. The molecule has 1 aromatic heterocycles. The molecule has 0 N–H and O–H groups in total. The van der Waals surface area contributed by atoms with Crippen LogP contribution in [0.4, 0.5) is 0 Å². The van der Waals surface area contributed by atoms with Crippen molar-refractivity contribution in [2.24, 2.45) is 0 Å². The van der Waals surface area contributed by atoms with Crippen molar-refractivity contribution in [3.63, 3.8) is 0 Å². The van der Waals surface area contributed by atoms with Gasteiger partial charge in [0.05, 0.1) is 12.5 Å². The van der Waals surface area contributed by atoms with Crippen LogP contribution in [-0.4, -0.2) is 0 Å². The molecule has 0 fully saturated rings. The average molecular weight is 219 g/mol. The third-order valence-corrected chi connectivity index (χ3v) is 2.75. The zero-order valence-corrected chi connectivity index (χ0v) is 9.26. The molecule has 2 aromatic carbocycles. The van der Waals surface area contributed by atoms with Gasteiger partial charge < -0.3 is 4.42 Å². The summed E-state index contributed by atoms with van der Waals surface area (Å²) in [5.74, 6) is 0. The molecule has 1 heterocycles. The van der Waals surface area contributed by atoms with Gasteiger partial charge in [-0.15, -0.1) is 0 Å². The van der Waals surface area contributed by atoms with Crippen molar-refractivity contribution in [1.29, 1.82) is 0 Å². The molecule has 3 rings (SSSR count). The summed E-state index contributed by atoms with van der Waals surface area (Å²) in [4.78, 5) is 0. The molecule has 1 heteroatoms. The van der Waals surface area contributed by atoms with E-state index in [4.69, 9.17) is 4.42 Å². The SMILES string of the molecule is [c]1ccccc1-c1cocc1-c1ccccc1. The van der Waals surface area contributed by atoms with E-state index >= 15 is 0 Å². The predicted octanol–water partition coefficient (Wildman–Crippen LogP) is 4.41. The molecule has 81 valence electrons. The lowest BCUT2D eigenvalue weighted by Crippen LogP contribution is -1.79. The summed E-state index contributed by atoms with van der Waals surface area (Å²) in [6.07, 6.45) is 3.56. The van der Waals surface area contributed by atoms with Crippen LogP contribution in [0.2, 0.25) is 0 Å². The molecule has 0 aliphatic heterocycles. The Balaban J connectivity index is 2.13. The minimum absolute atomic E-state index is 1.06. The minimum atomic E-state index is 1.06. The van der Waals surface area contributed by atoms with E-state index in [2.05, 4.69) is 18.2 Å². The highest BCUT2D eigenvalue weighted by Crippen LogP contribution is 2.32. The topological polar surface area (TPSA) is 13.1 Å². The first kappa shape index (κ1) is 9.91. The molecule has 0 amide bonds. The van der Waals surface area contributed by atoms with Crippen LogP contribution in [0.1, 0.15) is 0 Å². The van der Waals surface area contributed by atoms with E-state index in [1.807, 2.05) is 42.5 Å². The highest BCUT2D eigenvalue weighted by molar-refractivity contribution is 5.82. The molecule has 0 atom stereocenters. The van der Waals surface area contributed by atoms with Gasteiger partial charge in [0.25, 0.3) is 0 Å². The Hall–Kier alpha value is -2.28. The lowest BCUT2D eigenvalue weighted by molar-refractivity contribution is 0.569. The van der Waals surface area contributed by atoms with E-state index in [0.29, 0.717) is 0 Å². The molecule has 0 saturated heterocycles. The van der Waals surface area contributed by atoms with Crippen LogP contribution < -0.4 is 0 Å². The Bertz CT molecular complexity index is 540. The van der Waals surface area contributed by atoms with E-state index in [-0.39, 0.29) is 0 Å². The molecular weight excluding hydrogens is 208 g/mol. The second-order valence-corrected chi connectivity index (χ2v) is 3.84. The fraction of sp³-hybridized carbons (Fsp3) is 0. The summed E-state index contributed by atoms with van der Waals surface area (Å²) in [6, 6.07) is 21.4. The summed E-state index contributed by atoms with van der Waals surface area (Å²) in [6.45, 7) is 0. The van der Waals surface area contributed by atoms with Gasteiger partial charge in [-0.3, -0.25) is 0 Å². The van der Waals surface area contributed by atoms with E-state index < -0.39 is 0 Å². The van der Waals surface area contributed by atoms with Gasteiger partial charge in [-0.1, -0.05) is 54.6 Å². The molecule has 0 bridgehead atoms. The Labute approximate surface area is 100 Å². The van der Waals surface area contributed by atoms with Gasteiger partial charge in [0.1, 0.15) is 0 Å². The number of furan rings is 1. The van der Waals surface area contributed by atoms with Gasteiger partial charge in [0.15, 0.2) is 0 Å². The summed E-state index contributed by atoms with van der Waals surface area (Å²) >= 11 is 0. The van der Waals surface area contributed by atoms with Crippen LogP contribution in [0.15, 0.2) is 71.5 Å². The van der Waals surface area contributed by atoms with Crippen molar-refractivity contribution in [1.82, 2.24) is 0 Å². The first-order chi connectivity index (χ1) is 8.45. The lowest BCUT2D eigenvalue weighted by Gasteiger charge is -2.02. The van der Waals surface area contributed by atoms with Crippen molar-refractivity contribution in [2.45, 2.75) is 0 Å². The second kappa shape index (κ2) is 4.30. The van der Waals surface area contributed by atoms with Crippen LogP contribution in [0.25, 0.3) is 22.3 Å². The van der Waals surface area contributed by atoms with Crippen LogP contribution in [0, 0.1) is 6.07 Å². The van der Waals surface area contributed by atoms with E-state index in [1.54, 1.807) is 12.5 Å². The maximum atomic E-state index is 5.33. The Morgan fingerprint density at radius 3 is 2.29 bits per heavy atom. The first-order valence-corrected chi connectivity index (χ1v) is 5.54. The molecule has 0 unspecified atom stereocenters. The maximum absolute atomic E-state index is 5.33. The molecule has 1 radical (unpaired) electrons. The molecule has 0 aliphatic carbocycles. The number of hydrogen-bond acceptors (Lipinski definition) is 1. The standard InChI is InChI=1S/C16H11O/c1-3-7-13(8-4-1)15-11-17-12-16(15)14-9-5-2-6-10-14/h1-9,11-12H. The molecule has 17 heavy (non-hydrogen) atoms. The third-order valence-electron chi connectivity index (χ3n) is 2.75. The molecular formula is C16H11O. The number of rotatable bonds is 2. The molecule has 0 aliphatic rings. The van der Waals surface area contributed by atoms with Gasteiger partial charge >= 0.3 is 0 Å². The van der Waals surface area contributed by atoms with Crippen LogP contribution in [0.3, 0.4) is 0 Å². The Morgan fingerprint density at radius 2 is 1.53 bits per heavy atom. The van der Waals surface area contributed by atoms with Crippen LogP contribution >= 0.6 is 0 Å². The van der Waals surface area contributed by atoms with E-state index in [1.165, 1.54) is 0 Å². The zero-order valence-electron chi connectivity index (χ0n) is 9.26. The minimum Gasteiger partial charge on any atom is -0.471 e. The van der Waals surface area contributed by atoms with Crippen molar-refractivity contribution in [3.8, 4) is 22.3 Å². The van der Waals surface area contributed by atoms with Crippen LogP contribution in [0.5, 0.6) is 0 Å².